The zero-order valence-corrected chi connectivity index (χ0v) is 19.3. The summed E-state index contributed by atoms with van der Waals surface area (Å²) in [5.41, 5.74) is 3.77. The largest absolute Gasteiger partial charge is 0.493 e. The van der Waals surface area contributed by atoms with Gasteiger partial charge in [0.25, 0.3) is 5.91 Å². The maximum atomic E-state index is 13.5. The number of carbonyl (C=O) groups is 1. The van der Waals surface area contributed by atoms with E-state index in [2.05, 4.69) is 24.8 Å². The second-order valence-electron chi connectivity index (χ2n) is 8.52. The number of pyridine rings is 1. The van der Waals surface area contributed by atoms with E-state index in [-0.39, 0.29) is 11.8 Å². The zero-order valence-electron chi connectivity index (χ0n) is 19.3. The van der Waals surface area contributed by atoms with Crippen LogP contribution in [0.5, 0.6) is 11.5 Å². The SMILES string of the molecule is COc1ccc(CN2CCN(C(=O)c3cc(C(C)C)nc4ccccc34)CC2)cc1OC. The Hall–Kier alpha value is -3.12. The Kier molecular flexibility index (Phi) is 6.61. The fraction of sp³-hybridized carbons (Fsp3) is 0.385. The maximum Gasteiger partial charge on any atom is 0.254 e. The van der Waals surface area contributed by atoms with E-state index in [4.69, 9.17) is 14.5 Å². The van der Waals surface area contributed by atoms with Crippen molar-refractivity contribution in [2.75, 3.05) is 40.4 Å². The van der Waals surface area contributed by atoms with Crippen molar-refractivity contribution in [2.24, 2.45) is 0 Å². The molecule has 168 valence electrons. The highest BCUT2D eigenvalue weighted by molar-refractivity contribution is 6.06. The van der Waals surface area contributed by atoms with Crippen molar-refractivity contribution in [1.29, 1.82) is 0 Å². The summed E-state index contributed by atoms with van der Waals surface area (Å²) in [7, 11) is 3.30. The second-order valence-corrected chi connectivity index (χ2v) is 8.52. The smallest absolute Gasteiger partial charge is 0.254 e. The molecule has 1 aliphatic rings. The molecule has 0 spiro atoms. The van der Waals surface area contributed by atoms with Crippen LogP contribution in [-0.4, -0.2) is 61.1 Å². The number of hydrogen-bond acceptors (Lipinski definition) is 5. The first-order valence-electron chi connectivity index (χ1n) is 11.1. The third-order valence-electron chi connectivity index (χ3n) is 6.07. The van der Waals surface area contributed by atoms with Crippen LogP contribution in [0.1, 0.15) is 41.4 Å². The van der Waals surface area contributed by atoms with Crippen molar-refractivity contribution in [1.82, 2.24) is 14.8 Å². The van der Waals surface area contributed by atoms with Crippen LogP contribution in [0.4, 0.5) is 0 Å². The van der Waals surface area contributed by atoms with E-state index in [1.54, 1.807) is 14.2 Å². The van der Waals surface area contributed by atoms with Gasteiger partial charge < -0.3 is 14.4 Å². The van der Waals surface area contributed by atoms with E-state index >= 15 is 0 Å². The second kappa shape index (κ2) is 9.57. The van der Waals surface area contributed by atoms with Crippen molar-refractivity contribution in [3.05, 3.63) is 65.4 Å². The summed E-state index contributed by atoms with van der Waals surface area (Å²) in [6.07, 6.45) is 0. The normalized spacial score (nSPS) is 14.7. The average molecular weight is 434 g/mol. The Labute approximate surface area is 189 Å². The van der Waals surface area contributed by atoms with Gasteiger partial charge in [-0.2, -0.15) is 0 Å². The van der Waals surface area contributed by atoms with Crippen molar-refractivity contribution in [3.63, 3.8) is 0 Å². The summed E-state index contributed by atoms with van der Waals surface area (Å²) in [6.45, 7) is 8.12. The minimum atomic E-state index is 0.0938. The standard InChI is InChI=1S/C26H31N3O3/c1-18(2)23-16-21(20-7-5-6-8-22(20)27-23)26(30)29-13-11-28(12-14-29)17-19-9-10-24(31-3)25(15-19)32-4/h5-10,15-16,18H,11-14,17H2,1-4H3. The fourth-order valence-electron chi connectivity index (χ4n) is 4.19. The number of hydrogen-bond donors (Lipinski definition) is 0. The van der Waals surface area contributed by atoms with Crippen LogP contribution in [0.25, 0.3) is 10.9 Å². The van der Waals surface area contributed by atoms with E-state index in [1.165, 1.54) is 5.56 Å². The van der Waals surface area contributed by atoms with Gasteiger partial charge in [-0.05, 0) is 35.7 Å². The van der Waals surface area contributed by atoms with Crippen molar-refractivity contribution in [2.45, 2.75) is 26.3 Å². The molecule has 1 fully saturated rings. The monoisotopic (exact) mass is 433 g/mol. The molecule has 0 N–H and O–H groups in total. The fourth-order valence-corrected chi connectivity index (χ4v) is 4.19. The summed E-state index contributed by atoms with van der Waals surface area (Å²) >= 11 is 0. The van der Waals surface area contributed by atoms with Crippen molar-refractivity contribution in [3.8, 4) is 11.5 Å². The van der Waals surface area contributed by atoms with Gasteiger partial charge in [0, 0.05) is 43.8 Å². The quantitative estimate of drug-likeness (QED) is 0.579. The van der Waals surface area contributed by atoms with Gasteiger partial charge in [-0.3, -0.25) is 14.7 Å². The molecule has 1 saturated heterocycles. The van der Waals surface area contributed by atoms with Crippen molar-refractivity contribution >= 4 is 16.8 Å². The van der Waals surface area contributed by atoms with Crippen LogP contribution in [0.3, 0.4) is 0 Å². The Morgan fingerprint density at radius 3 is 2.38 bits per heavy atom. The van der Waals surface area contributed by atoms with Gasteiger partial charge in [-0.25, -0.2) is 0 Å². The highest BCUT2D eigenvalue weighted by Gasteiger charge is 2.24. The number of benzene rings is 2. The third-order valence-corrected chi connectivity index (χ3v) is 6.07. The van der Waals surface area contributed by atoms with E-state index < -0.39 is 0 Å². The van der Waals surface area contributed by atoms with Crippen LogP contribution < -0.4 is 9.47 Å². The van der Waals surface area contributed by atoms with Gasteiger partial charge in [0.15, 0.2) is 11.5 Å². The molecular weight excluding hydrogens is 402 g/mol. The first-order valence-corrected chi connectivity index (χ1v) is 11.1. The molecule has 0 atom stereocenters. The Morgan fingerprint density at radius 2 is 1.69 bits per heavy atom. The molecule has 0 unspecified atom stereocenters. The molecular formula is C26H31N3O3. The number of amides is 1. The van der Waals surface area contributed by atoms with Crippen LogP contribution in [-0.2, 0) is 6.54 Å². The predicted octanol–water partition coefficient (Wildman–Crippen LogP) is 4.33. The lowest BCUT2D eigenvalue weighted by Crippen LogP contribution is -2.48. The number of fused-ring (bicyclic) bond motifs is 1. The number of methoxy groups -OCH3 is 2. The van der Waals surface area contributed by atoms with Gasteiger partial charge in [0.2, 0.25) is 0 Å². The first-order chi connectivity index (χ1) is 15.5. The molecule has 32 heavy (non-hydrogen) atoms. The summed E-state index contributed by atoms with van der Waals surface area (Å²) < 4.78 is 10.8. The van der Waals surface area contributed by atoms with Gasteiger partial charge in [0.05, 0.1) is 25.3 Å². The molecule has 4 rings (SSSR count). The molecule has 6 nitrogen and oxygen atoms in total. The molecule has 1 aromatic heterocycles. The lowest BCUT2D eigenvalue weighted by atomic mass is 10.0. The lowest BCUT2D eigenvalue weighted by molar-refractivity contribution is 0.0630. The Balaban J connectivity index is 1.46. The summed E-state index contributed by atoms with van der Waals surface area (Å²) in [5, 5.41) is 0.926. The molecule has 1 amide bonds. The van der Waals surface area contributed by atoms with E-state index in [0.717, 1.165) is 53.3 Å². The number of para-hydroxylation sites is 1. The molecule has 2 heterocycles. The van der Waals surface area contributed by atoms with Crippen LogP contribution in [0.2, 0.25) is 0 Å². The van der Waals surface area contributed by atoms with E-state index in [0.29, 0.717) is 13.1 Å². The predicted molar refractivity (Wildman–Crippen MR) is 127 cm³/mol. The molecule has 1 aliphatic heterocycles. The van der Waals surface area contributed by atoms with E-state index in [9.17, 15) is 4.79 Å². The number of nitrogens with zero attached hydrogens (tertiary/aromatic N) is 3. The molecule has 0 bridgehead atoms. The van der Waals surface area contributed by atoms with E-state index in [1.807, 2.05) is 47.4 Å². The number of carbonyl (C=O) groups excluding carboxylic acids is 1. The van der Waals surface area contributed by atoms with Crippen molar-refractivity contribution < 1.29 is 14.3 Å². The highest BCUT2D eigenvalue weighted by Crippen LogP contribution is 2.28. The highest BCUT2D eigenvalue weighted by atomic mass is 16.5. The summed E-state index contributed by atoms with van der Waals surface area (Å²) in [4.78, 5) is 22.5. The lowest BCUT2D eigenvalue weighted by Gasteiger charge is -2.35. The molecule has 2 aromatic carbocycles. The molecule has 6 heteroatoms. The minimum Gasteiger partial charge on any atom is -0.493 e. The van der Waals surface area contributed by atoms with Crippen LogP contribution >= 0.6 is 0 Å². The average Bonchev–Trinajstić information content (AvgIpc) is 2.83. The summed E-state index contributed by atoms with van der Waals surface area (Å²) in [5.74, 6) is 1.84. The third kappa shape index (κ3) is 4.55. The molecule has 3 aromatic rings. The Bertz CT molecular complexity index is 1100. The molecule has 0 saturated carbocycles. The number of rotatable bonds is 6. The topological polar surface area (TPSA) is 54.9 Å². The van der Waals surface area contributed by atoms with Crippen LogP contribution in [0, 0.1) is 0 Å². The van der Waals surface area contributed by atoms with Gasteiger partial charge >= 0.3 is 0 Å². The Morgan fingerprint density at radius 1 is 0.969 bits per heavy atom. The number of ether oxygens (including phenoxy) is 2. The zero-order chi connectivity index (χ0) is 22.7. The minimum absolute atomic E-state index is 0.0938. The molecule has 0 radical (unpaired) electrons. The van der Waals surface area contributed by atoms with Gasteiger partial charge in [0.1, 0.15) is 0 Å². The maximum absolute atomic E-state index is 13.5. The van der Waals surface area contributed by atoms with Gasteiger partial charge in [-0.15, -0.1) is 0 Å². The molecule has 0 aliphatic carbocycles. The number of piperazine rings is 1. The summed E-state index contributed by atoms with van der Waals surface area (Å²) in [6, 6.07) is 15.9. The van der Waals surface area contributed by atoms with Gasteiger partial charge in [-0.1, -0.05) is 38.1 Å². The first kappa shape index (κ1) is 22.1. The number of aromatic nitrogens is 1. The van der Waals surface area contributed by atoms with Crippen LogP contribution in [0.15, 0.2) is 48.5 Å².